The highest BCUT2D eigenvalue weighted by atomic mass is 16.5. The van der Waals surface area contributed by atoms with E-state index in [0.29, 0.717) is 16.9 Å². The highest BCUT2D eigenvalue weighted by molar-refractivity contribution is 6.22. The summed E-state index contributed by atoms with van der Waals surface area (Å²) in [5.74, 6) is -1.38. The van der Waals surface area contributed by atoms with Crippen molar-refractivity contribution < 1.29 is 28.7 Å². The second-order valence-electron chi connectivity index (χ2n) is 7.32. The highest BCUT2D eigenvalue weighted by Gasteiger charge is 2.46. The Balaban J connectivity index is 1.76. The molecule has 1 atom stereocenters. The topological polar surface area (TPSA) is 105 Å². The third kappa shape index (κ3) is 4.94. The number of rotatable bonds is 8. The average Bonchev–Trinajstić information content (AvgIpc) is 3.01. The van der Waals surface area contributed by atoms with Crippen LogP contribution in [0.2, 0.25) is 0 Å². The Morgan fingerprint density at radius 1 is 1.06 bits per heavy atom. The molecule has 2 aromatic carbocycles. The van der Waals surface area contributed by atoms with Gasteiger partial charge >= 0.3 is 12.0 Å². The lowest BCUT2D eigenvalue weighted by molar-refractivity contribution is -0.124. The number of benzene rings is 2. The summed E-state index contributed by atoms with van der Waals surface area (Å²) < 4.78 is 9.72. The normalized spacial score (nSPS) is 15.8. The van der Waals surface area contributed by atoms with Gasteiger partial charge in [0.1, 0.15) is 6.04 Å². The lowest BCUT2D eigenvalue weighted by Crippen LogP contribution is -2.39. The van der Waals surface area contributed by atoms with Crippen molar-refractivity contribution in [2.75, 3.05) is 37.6 Å². The number of urea groups is 1. The minimum atomic E-state index is -0.951. The number of aryl methyl sites for hydroxylation is 1. The first-order valence-corrected chi connectivity index (χ1v) is 10.0. The minimum absolute atomic E-state index is 0.176. The molecule has 9 nitrogen and oxygen atoms in total. The van der Waals surface area contributed by atoms with Crippen molar-refractivity contribution in [1.29, 1.82) is 0 Å². The summed E-state index contributed by atoms with van der Waals surface area (Å²) in [5, 5.41) is 2.70. The molecule has 0 bridgehead atoms. The number of ether oxygens (including phenoxy) is 2. The fourth-order valence-corrected chi connectivity index (χ4v) is 3.48. The Morgan fingerprint density at radius 3 is 2.41 bits per heavy atom. The molecule has 0 spiro atoms. The molecule has 168 valence electrons. The number of nitrogens with one attached hydrogen (secondary N) is 1. The molecule has 1 fully saturated rings. The number of nitrogens with zero attached hydrogens (tertiary/aromatic N) is 2. The standard InChI is InChI=1S/C23H25N3O6/c1-15-5-4-6-18(13-15)26-21(28)19(25(23(26)30)11-12-31-2)14-20(27)24-17-9-7-16(8-10-17)22(29)32-3/h4-10,13,19H,11-12,14H2,1-3H3,(H,24,27)/t19-/m1/s1. The van der Waals surface area contributed by atoms with E-state index in [1.54, 1.807) is 30.3 Å². The van der Waals surface area contributed by atoms with E-state index in [4.69, 9.17) is 4.74 Å². The predicted octanol–water partition coefficient (Wildman–Crippen LogP) is 2.59. The number of carbonyl (C=O) groups excluding carboxylic acids is 4. The molecule has 4 amide bonds. The molecule has 0 aliphatic carbocycles. The molecule has 9 heteroatoms. The number of esters is 1. The van der Waals surface area contributed by atoms with Gasteiger partial charge in [-0.05, 0) is 48.9 Å². The van der Waals surface area contributed by atoms with Crippen molar-refractivity contribution in [3.8, 4) is 0 Å². The molecule has 1 aliphatic rings. The molecular weight excluding hydrogens is 414 g/mol. The quantitative estimate of drug-likeness (QED) is 0.501. The molecular formula is C23H25N3O6. The minimum Gasteiger partial charge on any atom is -0.465 e. The first-order valence-electron chi connectivity index (χ1n) is 10.0. The predicted molar refractivity (Wildman–Crippen MR) is 117 cm³/mol. The maximum Gasteiger partial charge on any atom is 0.337 e. The molecule has 1 heterocycles. The van der Waals surface area contributed by atoms with Crippen LogP contribution in [-0.4, -0.2) is 62.1 Å². The summed E-state index contributed by atoms with van der Waals surface area (Å²) in [5.41, 5.74) is 2.17. The maximum atomic E-state index is 13.1. The van der Waals surface area contributed by atoms with Crippen LogP contribution in [-0.2, 0) is 19.1 Å². The molecule has 0 saturated carbocycles. The smallest absolute Gasteiger partial charge is 0.337 e. The van der Waals surface area contributed by atoms with Gasteiger partial charge in [0.05, 0.1) is 31.4 Å². The van der Waals surface area contributed by atoms with Gasteiger partial charge in [0.25, 0.3) is 5.91 Å². The fraction of sp³-hybridized carbons (Fsp3) is 0.304. The van der Waals surface area contributed by atoms with Crippen LogP contribution in [0.4, 0.5) is 16.2 Å². The Kier molecular flexibility index (Phi) is 7.21. The van der Waals surface area contributed by atoms with Crippen molar-refractivity contribution >= 4 is 35.2 Å². The molecule has 0 radical (unpaired) electrons. The highest BCUT2D eigenvalue weighted by Crippen LogP contribution is 2.27. The molecule has 0 unspecified atom stereocenters. The van der Waals surface area contributed by atoms with Gasteiger partial charge < -0.3 is 19.7 Å². The van der Waals surface area contributed by atoms with E-state index < -0.39 is 29.9 Å². The van der Waals surface area contributed by atoms with E-state index in [9.17, 15) is 19.2 Å². The fourth-order valence-electron chi connectivity index (χ4n) is 3.48. The molecule has 2 aromatic rings. The first kappa shape index (κ1) is 23.0. The number of carbonyl (C=O) groups is 4. The van der Waals surface area contributed by atoms with Crippen LogP contribution in [0.25, 0.3) is 0 Å². The van der Waals surface area contributed by atoms with Crippen LogP contribution in [0.15, 0.2) is 48.5 Å². The summed E-state index contributed by atoms with van der Waals surface area (Å²) in [6.07, 6.45) is -0.213. The van der Waals surface area contributed by atoms with Gasteiger partial charge in [-0.1, -0.05) is 12.1 Å². The number of anilines is 2. The van der Waals surface area contributed by atoms with Gasteiger partial charge in [-0.2, -0.15) is 0 Å². The molecule has 1 saturated heterocycles. The number of imide groups is 1. The second-order valence-corrected chi connectivity index (χ2v) is 7.32. The third-order valence-electron chi connectivity index (χ3n) is 5.08. The zero-order valence-electron chi connectivity index (χ0n) is 18.2. The van der Waals surface area contributed by atoms with Gasteiger partial charge in [0.15, 0.2) is 0 Å². The number of methoxy groups -OCH3 is 2. The molecule has 1 N–H and O–H groups in total. The summed E-state index contributed by atoms with van der Waals surface area (Å²) >= 11 is 0. The Bertz CT molecular complexity index is 1020. The maximum absolute atomic E-state index is 13.1. The Hall–Kier alpha value is -3.72. The van der Waals surface area contributed by atoms with Crippen LogP contribution in [0.3, 0.4) is 0 Å². The lowest BCUT2D eigenvalue weighted by atomic mass is 10.1. The van der Waals surface area contributed by atoms with E-state index in [2.05, 4.69) is 10.1 Å². The number of amides is 4. The first-order chi connectivity index (χ1) is 15.3. The molecule has 32 heavy (non-hydrogen) atoms. The summed E-state index contributed by atoms with van der Waals surface area (Å²) in [6, 6.07) is 11.8. The monoisotopic (exact) mass is 439 g/mol. The lowest BCUT2D eigenvalue weighted by Gasteiger charge is -2.21. The van der Waals surface area contributed by atoms with Crippen LogP contribution >= 0.6 is 0 Å². The van der Waals surface area contributed by atoms with Crippen molar-refractivity contribution in [2.45, 2.75) is 19.4 Å². The molecule has 0 aromatic heterocycles. The van der Waals surface area contributed by atoms with E-state index in [0.717, 1.165) is 10.5 Å². The van der Waals surface area contributed by atoms with E-state index in [1.165, 1.54) is 31.3 Å². The summed E-state index contributed by atoms with van der Waals surface area (Å²) in [4.78, 5) is 52.8. The molecule has 3 rings (SSSR count). The van der Waals surface area contributed by atoms with Gasteiger partial charge in [-0.15, -0.1) is 0 Å². The average molecular weight is 439 g/mol. The zero-order valence-corrected chi connectivity index (χ0v) is 18.2. The van der Waals surface area contributed by atoms with E-state index in [1.807, 2.05) is 13.0 Å². The van der Waals surface area contributed by atoms with Gasteiger partial charge in [-0.25, -0.2) is 14.5 Å². The summed E-state index contributed by atoms with van der Waals surface area (Å²) in [6.45, 7) is 2.27. The second kappa shape index (κ2) is 10.1. The van der Waals surface area contributed by atoms with Crippen LogP contribution in [0.1, 0.15) is 22.3 Å². The van der Waals surface area contributed by atoms with Crippen molar-refractivity contribution in [1.82, 2.24) is 4.90 Å². The number of hydrogen-bond donors (Lipinski definition) is 1. The van der Waals surface area contributed by atoms with Crippen molar-refractivity contribution in [3.05, 3.63) is 59.7 Å². The Labute approximate surface area is 185 Å². The largest absolute Gasteiger partial charge is 0.465 e. The van der Waals surface area contributed by atoms with Gasteiger partial charge in [-0.3, -0.25) is 9.59 Å². The zero-order chi connectivity index (χ0) is 23.3. The van der Waals surface area contributed by atoms with Crippen LogP contribution in [0.5, 0.6) is 0 Å². The third-order valence-corrected chi connectivity index (χ3v) is 5.08. The molecule has 1 aliphatic heterocycles. The summed E-state index contributed by atoms with van der Waals surface area (Å²) in [7, 11) is 2.79. The SMILES string of the molecule is COCCN1C(=O)N(c2cccc(C)c2)C(=O)[C@H]1CC(=O)Nc1ccc(C(=O)OC)cc1. The van der Waals surface area contributed by atoms with E-state index in [-0.39, 0.29) is 19.6 Å². The van der Waals surface area contributed by atoms with Crippen LogP contribution < -0.4 is 10.2 Å². The Morgan fingerprint density at radius 2 is 1.78 bits per heavy atom. The van der Waals surface area contributed by atoms with Gasteiger partial charge in [0.2, 0.25) is 5.91 Å². The number of hydrogen-bond acceptors (Lipinski definition) is 6. The van der Waals surface area contributed by atoms with E-state index >= 15 is 0 Å². The van der Waals surface area contributed by atoms with Crippen molar-refractivity contribution in [2.24, 2.45) is 0 Å². The van der Waals surface area contributed by atoms with Crippen LogP contribution in [0, 0.1) is 6.92 Å². The van der Waals surface area contributed by atoms with Gasteiger partial charge in [0, 0.05) is 19.3 Å². The van der Waals surface area contributed by atoms with Crippen molar-refractivity contribution in [3.63, 3.8) is 0 Å².